The minimum atomic E-state index is 0.241. The predicted molar refractivity (Wildman–Crippen MR) is 43.5 cm³/mol. The Balaban J connectivity index is 3.15. The molecular formula is C7H12OS. The topological polar surface area (TPSA) is 20.2 Å². The molecule has 0 spiro atoms. The van der Waals surface area contributed by atoms with E-state index in [1.54, 1.807) is 11.8 Å². The van der Waals surface area contributed by atoms with Crippen molar-refractivity contribution in [1.82, 2.24) is 0 Å². The standard InChI is InChI=1S/C7H12OS/c1-7(2)3-5-9-6-4-8/h3,5,8H,1,4,6H2,2H3/b5-3-. The third-order valence-corrected chi connectivity index (χ3v) is 1.40. The van der Waals surface area contributed by atoms with Crippen molar-refractivity contribution < 1.29 is 5.11 Å². The molecule has 0 bridgehead atoms. The van der Waals surface area contributed by atoms with Gasteiger partial charge in [-0.2, -0.15) is 0 Å². The van der Waals surface area contributed by atoms with Gasteiger partial charge in [0.15, 0.2) is 0 Å². The van der Waals surface area contributed by atoms with Crippen molar-refractivity contribution in [3.05, 3.63) is 23.6 Å². The van der Waals surface area contributed by atoms with E-state index in [9.17, 15) is 0 Å². The molecule has 0 unspecified atom stereocenters. The fraction of sp³-hybridized carbons (Fsp3) is 0.429. The smallest absolute Gasteiger partial charge is 0.0525 e. The summed E-state index contributed by atoms with van der Waals surface area (Å²) in [5.74, 6) is 0.768. The van der Waals surface area contributed by atoms with Crippen LogP contribution in [0.1, 0.15) is 6.92 Å². The Labute approximate surface area is 60.5 Å². The molecule has 0 aromatic heterocycles. The molecule has 2 heteroatoms. The van der Waals surface area contributed by atoms with E-state index in [1.807, 2.05) is 18.4 Å². The Kier molecular flexibility index (Phi) is 5.78. The monoisotopic (exact) mass is 144 g/mol. The van der Waals surface area contributed by atoms with E-state index < -0.39 is 0 Å². The maximum absolute atomic E-state index is 8.35. The average Bonchev–Trinajstić information content (AvgIpc) is 1.80. The van der Waals surface area contributed by atoms with Gasteiger partial charge >= 0.3 is 0 Å². The Morgan fingerprint density at radius 2 is 2.44 bits per heavy atom. The zero-order valence-electron chi connectivity index (χ0n) is 5.63. The molecule has 0 aliphatic rings. The number of allylic oxidation sites excluding steroid dienone is 2. The van der Waals surface area contributed by atoms with Gasteiger partial charge in [0.05, 0.1) is 6.61 Å². The summed E-state index contributed by atoms with van der Waals surface area (Å²) >= 11 is 1.59. The van der Waals surface area contributed by atoms with Crippen molar-refractivity contribution >= 4 is 11.8 Å². The van der Waals surface area contributed by atoms with Crippen molar-refractivity contribution in [2.75, 3.05) is 12.4 Å². The molecule has 0 aliphatic carbocycles. The van der Waals surface area contributed by atoms with Crippen molar-refractivity contribution in [1.29, 1.82) is 0 Å². The van der Waals surface area contributed by atoms with Crippen LogP contribution in [0.3, 0.4) is 0 Å². The first-order valence-corrected chi connectivity index (χ1v) is 3.86. The first-order valence-electron chi connectivity index (χ1n) is 2.82. The quantitative estimate of drug-likeness (QED) is 0.479. The molecule has 0 amide bonds. The summed E-state index contributed by atoms with van der Waals surface area (Å²) in [6.45, 7) is 5.87. The normalized spacial score (nSPS) is 10.4. The molecule has 0 atom stereocenters. The fourth-order valence-corrected chi connectivity index (χ4v) is 0.855. The Bertz CT molecular complexity index is 107. The number of hydrogen-bond acceptors (Lipinski definition) is 2. The van der Waals surface area contributed by atoms with Gasteiger partial charge < -0.3 is 5.11 Å². The first-order chi connectivity index (χ1) is 4.27. The summed E-state index contributed by atoms with van der Waals surface area (Å²) in [4.78, 5) is 0. The zero-order chi connectivity index (χ0) is 7.11. The number of aliphatic hydroxyl groups is 1. The third-order valence-electron chi connectivity index (χ3n) is 0.658. The highest BCUT2D eigenvalue weighted by Crippen LogP contribution is 2.02. The summed E-state index contributed by atoms with van der Waals surface area (Å²) in [5.41, 5.74) is 1.04. The first kappa shape index (κ1) is 8.79. The number of aliphatic hydroxyl groups excluding tert-OH is 1. The summed E-state index contributed by atoms with van der Waals surface area (Å²) < 4.78 is 0. The van der Waals surface area contributed by atoms with Gasteiger partial charge in [-0.3, -0.25) is 0 Å². The average molecular weight is 144 g/mol. The second kappa shape index (κ2) is 5.92. The maximum Gasteiger partial charge on any atom is 0.0525 e. The molecule has 0 saturated heterocycles. The van der Waals surface area contributed by atoms with Gasteiger partial charge in [-0.25, -0.2) is 0 Å². The Morgan fingerprint density at radius 3 is 2.89 bits per heavy atom. The van der Waals surface area contributed by atoms with Gasteiger partial charge in [-0.15, -0.1) is 11.8 Å². The molecule has 1 N–H and O–H groups in total. The largest absolute Gasteiger partial charge is 0.396 e. The highest BCUT2D eigenvalue weighted by Gasteiger charge is 1.77. The molecule has 0 heterocycles. The van der Waals surface area contributed by atoms with Crippen LogP contribution in [0.4, 0.5) is 0 Å². The summed E-state index contributed by atoms with van der Waals surface area (Å²) in [6.07, 6.45) is 1.93. The van der Waals surface area contributed by atoms with Gasteiger partial charge in [0.25, 0.3) is 0 Å². The lowest BCUT2D eigenvalue weighted by Crippen LogP contribution is -1.81. The van der Waals surface area contributed by atoms with Gasteiger partial charge in [0, 0.05) is 5.75 Å². The van der Waals surface area contributed by atoms with Gasteiger partial charge in [-0.05, 0) is 12.3 Å². The fourth-order valence-electron chi connectivity index (χ4n) is 0.285. The second-order valence-electron chi connectivity index (χ2n) is 1.74. The lowest BCUT2D eigenvalue weighted by molar-refractivity contribution is 0.322. The minimum Gasteiger partial charge on any atom is -0.396 e. The molecule has 0 aromatic carbocycles. The molecule has 0 aliphatic heterocycles. The van der Waals surface area contributed by atoms with Crippen LogP contribution in [0.5, 0.6) is 0 Å². The van der Waals surface area contributed by atoms with Gasteiger partial charge in [-0.1, -0.05) is 18.2 Å². The summed E-state index contributed by atoms with van der Waals surface area (Å²) in [7, 11) is 0. The van der Waals surface area contributed by atoms with E-state index in [2.05, 4.69) is 6.58 Å². The van der Waals surface area contributed by atoms with Gasteiger partial charge in [0.1, 0.15) is 0 Å². The lowest BCUT2D eigenvalue weighted by atomic mass is 10.4. The summed E-state index contributed by atoms with van der Waals surface area (Å²) in [6, 6.07) is 0. The number of thioether (sulfide) groups is 1. The molecule has 52 valence electrons. The van der Waals surface area contributed by atoms with Crippen LogP contribution < -0.4 is 0 Å². The number of rotatable bonds is 4. The molecule has 0 fully saturated rings. The molecule has 0 radical (unpaired) electrons. The van der Waals surface area contributed by atoms with Gasteiger partial charge in [0.2, 0.25) is 0 Å². The molecule has 0 rings (SSSR count). The van der Waals surface area contributed by atoms with Crippen molar-refractivity contribution in [3.8, 4) is 0 Å². The van der Waals surface area contributed by atoms with Crippen molar-refractivity contribution in [3.63, 3.8) is 0 Å². The molecule has 0 aromatic rings. The van der Waals surface area contributed by atoms with Crippen LogP contribution in [0, 0.1) is 0 Å². The van der Waals surface area contributed by atoms with Crippen molar-refractivity contribution in [2.24, 2.45) is 0 Å². The Hall–Kier alpha value is -0.210. The van der Waals surface area contributed by atoms with E-state index in [0.29, 0.717) is 0 Å². The predicted octanol–water partition coefficient (Wildman–Crippen LogP) is 1.80. The maximum atomic E-state index is 8.35. The van der Waals surface area contributed by atoms with Crippen LogP contribution in [0.15, 0.2) is 23.6 Å². The van der Waals surface area contributed by atoms with E-state index in [0.717, 1.165) is 11.3 Å². The van der Waals surface area contributed by atoms with E-state index in [1.165, 1.54) is 0 Å². The van der Waals surface area contributed by atoms with Crippen LogP contribution in [0.25, 0.3) is 0 Å². The molecule has 0 saturated carbocycles. The molecular weight excluding hydrogens is 132 g/mol. The Morgan fingerprint density at radius 1 is 1.78 bits per heavy atom. The second-order valence-corrected chi connectivity index (χ2v) is 2.76. The van der Waals surface area contributed by atoms with Crippen LogP contribution in [-0.2, 0) is 0 Å². The highest BCUT2D eigenvalue weighted by atomic mass is 32.2. The third kappa shape index (κ3) is 7.79. The lowest BCUT2D eigenvalue weighted by Gasteiger charge is -1.87. The minimum absolute atomic E-state index is 0.241. The van der Waals surface area contributed by atoms with E-state index in [4.69, 9.17) is 5.11 Å². The van der Waals surface area contributed by atoms with E-state index in [-0.39, 0.29) is 6.61 Å². The van der Waals surface area contributed by atoms with Crippen molar-refractivity contribution in [2.45, 2.75) is 6.92 Å². The zero-order valence-corrected chi connectivity index (χ0v) is 6.45. The van der Waals surface area contributed by atoms with Crippen LogP contribution >= 0.6 is 11.8 Å². The molecule has 9 heavy (non-hydrogen) atoms. The highest BCUT2D eigenvalue weighted by molar-refractivity contribution is 8.02. The van der Waals surface area contributed by atoms with E-state index >= 15 is 0 Å². The SMILES string of the molecule is C=C(C)/C=C\SCCO. The van der Waals surface area contributed by atoms with Crippen LogP contribution in [-0.4, -0.2) is 17.5 Å². The number of hydrogen-bond donors (Lipinski definition) is 1. The summed E-state index contributed by atoms with van der Waals surface area (Å²) in [5, 5.41) is 10.3. The molecule has 1 nitrogen and oxygen atoms in total. The van der Waals surface area contributed by atoms with Crippen LogP contribution in [0.2, 0.25) is 0 Å².